The number of fused-ring (bicyclic) bond motifs is 1. The van der Waals surface area contributed by atoms with E-state index in [1.54, 1.807) is 0 Å². The van der Waals surface area contributed by atoms with E-state index < -0.39 is 11.6 Å². The lowest BCUT2D eigenvalue weighted by Gasteiger charge is -2.29. The summed E-state index contributed by atoms with van der Waals surface area (Å²) in [6.07, 6.45) is 3.51. The van der Waals surface area contributed by atoms with Crippen molar-refractivity contribution < 1.29 is 8.78 Å². The van der Waals surface area contributed by atoms with Crippen molar-refractivity contribution in [3.8, 4) is 11.4 Å². The van der Waals surface area contributed by atoms with Gasteiger partial charge < -0.3 is 4.90 Å². The second-order valence-corrected chi connectivity index (χ2v) is 6.06. The van der Waals surface area contributed by atoms with E-state index in [4.69, 9.17) is 4.98 Å². The molecular formula is C19H17F2N3. The van der Waals surface area contributed by atoms with E-state index in [9.17, 15) is 8.78 Å². The summed E-state index contributed by atoms with van der Waals surface area (Å²) >= 11 is 0. The van der Waals surface area contributed by atoms with Crippen molar-refractivity contribution in [2.45, 2.75) is 19.3 Å². The van der Waals surface area contributed by atoms with E-state index in [2.05, 4.69) is 9.88 Å². The van der Waals surface area contributed by atoms with Crippen LogP contribution in [0.15, 0.2) is 42.5 Å². The van der Waals surface area contributed by atoms with Crippen molar-refractivity contribution in [1.82, 2.24) is 9.97 Å². The molecule has 3 aromatic rings. The predicted molar refractivity (Wildman–Crippen MR) is 91.0 cm³/mol. The molecule has 0 N–H and O–H groups in total. The standard InChI is InChI=1S/C19H17F2N3/c20-15-9-8-13(12-16(15)21)18-22-17-7-3-2-6-14(17)19(23-18)24-10-4-1-5-11-24/h2-3,6-9,12H,1,4-5,10-11H2. The fourth-order valence-electron chi connectivity index (χ4n) is 3.17. The Morgan fingerprint density at radius 3 is 2.42 bits per heavy atom. The maximum Gasteiger partial charge on any atom is 0.162 e. The molecule has 1 aliphatic heterocycles. The molecule has 5 heteroatoms. The Morgan fingerprint density at radius 1 is 0.833 bits per heavy atom. The summed E-state index contributed by atoms with van der Waals surface area (Å²) in [4.78, 5) is 11.5. The number of rotatable bonds is 2. The van der Waals surface area contributed by atoms with Crippen LogP contribution in [0.1, 0.15) is 19.3 Å². The minimum Gasteiger partial charge on any atom is -0.356 e. The number of aromatic nitrogens is 2. The molecule has 3 nitrogen and oxygen atoms in total. The van der Waals surface area contributed by atoms with Gasteiger partial charge in [-0.15, -0.1) is 0 Å². The van der Waals surface area contributed by atoms with E-state index in [0.29, 0.717) is 11.4 Å². The van der Waals surface area contributed by atoms with Crippen LogP contribution in [0.3, 0.4) is 0 Å². The Labute approximate surface area is 139 Å². The number of piperidine rings is 1. The lowest BCUT2D eigenvalue weighted by molar-refractivity contribution is 0.509. The molecule has 0 saturated carbocycles. The maximum atomic E-state index is 13.6. The highest BCUT2D eigenvalue weighted by atomic mass is 19.2. The number of hydrogen-bond acceptors (Lipinski definition) is 3. The average molecular weight is 325 g/mol. The summed E-state index contributed by atoms with van der Waals surface area (Å²) < 4.78 is 26.8. The van der Waals surface area contributed by atoms with E-state index >= 15 is 0 Å². The third kappa shape index (κ3) is 2.70. The molecule has 2 aromatic carbocycles. The zero-order chi connectivity index (χ0) is 16.5. The van der Waals surface area contributed by atoms with Crippen LogP contribution in [0.2, 0.25) is 0 Å². The van der Waals surface area contributed by atoms with Gasteiger partial charge in [-0.3, -0.25) is 0 Å². The molecule has 0 radical (unpaired) electrons. The molecule has 122 valence electrons. The molecule has 1 saturated heterocycles. The fourth-order valence-corrected chi connectivity index (χ4v) is 3.17. The normalized spacial score (nSPS) is 15.0. The highest BCUT2D eigenvalue weighted by Gasteiger charge is 2.18. The summed E-state index contributed by atoms with van der Waals surface area (Å²) in [6.45, 7) is 1.91. The Kier molecular flexibility index (Phi) is 3.84. The van der Waals surface area contributed by atoms with Crippen molar-refractivity contribution in [3.05, 3.63) is 54.1 Å². The van der Waals surface area contributed by atoms with Crippen LogP contribution in [0.4, 0.5) is 14.6 Å². The first-order chi connectivity index (χ1) is 11.7. The highest BCUT2D eigenvalue weighted by molar-refractivity contribution is 5.91. The number of benzene rings is 2. The zero-order valence-corrected chi connectivity index (χ0v) is 13.2. The SMILES string of the molecule is Fc1ccc(-c2nc(N3CCCCC3)c3ccccc3n2)cc1F. The molecule has 24 heavy (non-hydrogen) atoms. The van der Waals surface area contributed by atoms with Crippen molar-refractivity contribution in [3.63, 3.8) is 0 Å². The van der Waals surface area contributed by atoms with Gasteiger partial charge in [-0.05, 0) is 49.6 Å². The van der Waals surface area contributed by atoms with Crippen molar-refractivity contribution in [1.29, 1.82) is 0 Å². The second-order valence-electron chi connectivity index (χ2n) is 6.06. The molecule has 1 fully saturated rings. The molecule has 2 heterocycles. The van der Waals surface area contributed by atoms with Crippen LogP contribution in [0.25, 0.3) is 22.3 Å². The monoisotopic (exact) mass is 325 g/mol. The Morgan fingerprint density at radius 2 is 1.62 bits per heavy atom. The van der Waals surface area contributed by atoms with Gasteiger partial charge in [0, 0.05) is 24.0 Å². The molecular weight excluding hydrogens is 308 g/mol. The molecule has 1 aliphatic rings. The van der Waals surface area contributed by atoms with Gasteiger partial charge in [-0.2, -0.15) is 0 Å². The second kappa shape index (κ2) is 6.15. The minimum absolute atomic E-state index is 0.424. The van der Waals surface area contributed by atoms with Crippen molar-refractivity contribution in [2.24, 2.45) is 0 Å². The van der Waals surface area contributed by atoms with Crippen LogP contribution in [0, 0.1) is 11.6 Å². The lowest BCUT2D eigenvalue weighted by atomic mass is 10.1. The highest BCUT2D eigenvalue weighted by Crippen LogP contribution is 2.29. The van der Waals surface area contributed by atoms with Gasteiger partial charge in [0.1, 0.15) is 5.82 Å². The predicted octanol–water partition coefficient (Wildman–Crippen LogP) is 4.57. The van der Waals surface area contributed by atoms with Crippen LogP contribution in [-0.2, 0) is 0 Å². The summed E-state index contributed by atoms with van der Waals surface area (Å²) in [5.74, 6) is -0.451. The summed E-state index contributed by atoms with van der Waals surface area (Å²) in [5, 5.41) is 0.991. The van der Waals surface area contributed by atoms with Gasteiger partial charge in [0.05, 0.1) is 5.52 Å². The summed E-state index contributed by atoms with van der Waals surface area (Å²) in [7, 11) is 0. The molecule has 0 atom stereocenters. The van der Waals surface area contributed by atoms with Crippen molar-refractivity contribution in [2.75, 3.05) is 18.0 Å². The lowest BCUT2D eigenvalue weighted by Crippen LogP contribution is -2.30. The van der Waals surface area contributed by atoms with Gasteiger partial charge in [0.25, 0.3) is 0 Å². The Hall–Kier alpha value is -2.56. The first-order valence-corrected chi connectivity index (χ1v) is 8.19. The third-order valence-corrected chi connectivity index (χ3v) is 4.42. The number of nitrogens with zero attached hydrogens (tertiary/aromatic N) is 3. The molecule has 4 rings (SSSR count). The van der Waals surface area contributed by atoms with E-state index in [-0.39, 0.29) is 0 Å². The number of halogens is 2. The van der Waals surface area contributed by atoms with Gasteiger partial charge in [0.15, 0.2) is 17.5 Å². The first kappa shape index (κ1) is 15.0. The van der Waals surface area contributed by atoms with Gasteiger partial charge >= 0.3 is 0 Å². The molecule has 0 bridgehead atoms. The maximum absolute atomic E-state index is 13.6. The molecule has 0 unspecified atom stereocenters. The smallest absolute Gasteiger partial charge is 0.162 e. The van der Waals surface area contributed by atoms with E-state index in [1.165, 1.54) is 12.5 Å². The fraction of sp³-hybridized carbons (Fsp3) is 0.263. The Bertz CT molecular complexity index is 889. The molecule has 0 aliphatic carbocycles. The van der Waals surface area contributed by atoms with Gasteiger partial charge in [-0.1, -0.05) is 12.1 Å². The van der Waals surface area contributed by atoms with E-state index in [1.807, 2.05) is 24.3 Å². The number of anilines is 1. The number of hydrogen-bond donors (Lipinski definition) is 0. The van der Waals surface area contributed by atoms with Gasteiger partial charge in [0.2, 0.25) is 0 Å². The first-order valence-electron chi connectivity index (χ1n) is 8.19. The quantitative estimate of drug-likeness (QED) is 0.691. The van der Waals surface area contributed by atoms with Crippen LogP contribution in [0.5, 0.6) is 0 Å². The van der Waals surface area contributed by atoms with Gasteiger partial charge in [-0.25, -0.2) is 18.7 Å². The summed E-state index contributed by atoms with van der Waals surface area (Å²) in [5.41, 5.74) is 1.30. The molecule has 1 aromatic heterocycles. The zero-order valence-electron chi connectivity index (χ0n) is 13.2. The number of para-hydroxylation sites is 1. The van der Waals surface area contributed by atoms with E-state index in [0.717, 1.165) is 54.8 Å². The Balaban J connectivity index is 1.88. The topological polar surface area (TPSA) is 29.0 Å². The largest absolute Gasteiger partial charge is 0.356 e. The van der Waals surface area contributed by atoms with Crippen molar-refractivity contribution >= 4 is 16.7 Å². The molecule has 0 amide bonds. The minimum atomic E-state index is -0.885. The average Bonchev–Trinajstić information content (AvgIpc) is 2.64. The van der Waals surface area contributed by atoms with Crippen LogP contribution >= 0.6 is 0 Å². The molecule has 0 spiro atoms. The third-order valence-electron chi connectivity index (χ3n) is 4.42. The summed E-state index contributed by atoms with van der Waals surface area (Å²) in [6, 6.07) is 11.6. The van der Waals surface area contributed by atoms with Crippen LogP contribution in [-0.4, -0.2) is 23.1 Å². The van der Waals surface area contributed by atoms with Crippen LogP contribution < -0.4 is 4.90 Å².